The first-order valence-electron chi connectivity index (χ1n) is 10.8. The Morgan fingerprint density at radius 3 is 2.30 bits per heavy atom. The smallest absolute Gasteiger partial charge is 0.421 e. The van der Waals surface area contributed by atoms with Crippen molar-refractivity contribution in [3.05, 3.63) is 29.1 Å². The van der Waals surface area contributed by atoms with Crippen molar-refractivity contribution in [3.8, 4) is 0 Å². The van der Waals surface area contributed by atoms with Crippen LogP contribution in [0.25, 0.3) is 0 Å². The van der Waals surface area contributed by atoms with Crippen molar-refractivity contribution < 1.29 is 36.6 Å². The number of carbonyl (C=O) groups excluding carboxylic acids is 2. The molecular weight excluding hydrogens is 444 g/mol. The van der Waals surface area contributed by atoms with Crippen LogP contribution in [0.3, 0.4) is 0 Å². The summed E-state index contributed by atoms with van der Waals surface area (Å²) in [5.41, 5.74) is -3.44. The number of rotatable bonds is 6. The van der Waals surface area contributed by atoms with Crippen molar-refractivity contribution in [2.75, 3.05) is 11.9 Å². The molecule has 0 bridgehead atoms. The number of hydrogen-bond acceptors (Lipinski definition) is 5. The number of halogens is 4. The van der Waals surface area contributed by atoms with Crippen molar-refractivity contribution in [1.82, 2.24) is 5.32 Å². The highest BCUT2D eigenvalue weighted by Gasteiger charge is 2.51. The highest BCUT2D eigenvalue weighted by atomic mass is 19.4. The maximum atomic E-state index is 14.4. The number of carbonyl (C=O) groups is 2. The van der Waals surface area contributed by atoms with Crippen molar-refractivity contribution in [1.29, 1.82) is 0 Å². The van der Waals surface area contributed by atoms with E-state index in [4.69, 9.17) is 9.47 Å². The van der Waals surface area contributed by atoms with Gasteiger partial charge in [-0.1, -0.05) is 13.8 Å². The van der Waals surface area contributed by atoms with Crippen LogP contribution in [0, 0.1) is 17.2 Å². The Hall–Kier alpha value is -2.52. The molecule has 33 heavy (non-hydrogen) atoms. The van der Waals surface area contributed by atoms with Crippen LogP contribution in [-0.4, -0.2) is 36.4 Å². The van der Waals surface area contributed by atoms with Crippen LogP contribution in [0.1, 0.15) is 70.8 Å². The molecule has 2 N–H and O–H groups in total. The molecule has 1 fully saturated rings. The van der Waals surface area contributed by atoms with Gasteiger partial charge in [0.05, 0.1) is 17.9 Å². The predicted molar refractivity (Wildman–Crippen MR) is 115 cm³/mol. The molecule has 3 atom stereocenters. The number of alkyl carbamates (subject to hydrolysis) is 1. The molecular formula is C23H32F4N2O4. The summed E-state index contributed by atoms with van der Waals surface area (Å²) in [6, 6.07) is 0.730. The Balaban J connectivity index is 2.23. The summed E-state index contributed by atoms with van der Waals surface area (Å²) in [5, 5.41) is 5.56. The maximum absolute atomic E-state index is 14.4. The number of esters is 1. The molecule has 10 heteroatoms. The highest BCUT2D eigenvalue weighted by Crippen LogP contribution is 2.49. The van der Waals surface area contributed by atoms with Crippen molar-refractivity contribution in [2.24, 2.45) is 11.3 Å². The number of hydrogen-bond donors (Lipinski definition) is 2. The zero-order valence-corrected chi connectivity index (χ0v) is 19.9. The number of amides is 1. The molecule has 1 aromatic rings. The van der Waals surface area contributed by atoms with Gasteiger partial charge >= 0.3 is 18.2 Å². The predicted octanol–water partition coefficient (Wildman–Crippen LogP) is 5.76. The Morgan fingerprint density at radius 1 is 1.21 bits per heavy atom. The summed E-state index contributed by atoms with van der Waals surface area (Å²) in [6.45, 7) is 12.2. The van der Waals surface area contributed by atoms with Gasteiger partial charge in [-0.05, 0) is 64.5 Å². The monoisotopic (exact) mass is 476 g/mol. The summed E-state index contributed by atoms with van der Waals surface area (Å²) < 4.78 is 65.2. The molecule has 186 valence electrons. The second kappa shape index (κ2) is 9.38. The summed E-state index contributed by atoms with van der Waals surface area (Å²) in [6.07, 6.45) is -5.04. The fourth-order valence-corrected chi connectivity index (χ4v) is 4.19. The van der Waals surface area contributed by atoms with Gasteiger partial charge < -0.3 is 20.1 Å². The van der Waals surface area contributed by atoms with Gasteiger partial charge in [0.15, 0.2) is 0 Å². The van der Waals surface area contributed by atoms with Gasteiger partial charge in [0, 0.05) is 12.1 Å². The minimum atomic E-state index is -4.96. The van der Waals surface area contributed by atoms with E-state index in [0.29, 0.717) is 12.5 Å². The first-order valence-corrected chi connectivity index (χ1v) is 10.8. The Labute approximate surface area is 191 Å². The van der Waals surface area contributed by atoms with Crippen LogP contribution >= 0.6 is 0 Å². The second-order valence-electron chi connectivity index (χ2n) is 9.89. The standard InChI is InChI=1S/C23H32F4N2O4/c1-8-32-19(30)13-9-15(24)18(23(25,26)27)16(10-13)28-12(2)14-11-17(22(14,6)7)29-20(31)33-21(3,4)5/h9-10,12,14,17,28H,8,11H2,1-7H3,(H,29,31)/t12?,14-,17-/m0/s1. The van der Waals surface area contributed by atoms with Crippen LogP contribution in [0.2, 0.25) is 0 Å². The number of benzene rings is 1. The molecule has 6 nitrogen and oxygen atoms in total. The van der Waals surface area contributed by atoms with Crippen molar-refractivity contribution in [3.63, 3.8) is 0 Å². The molecule has 0 aliphatic heterocycles. The molecule has 0 spiro atoms. The van der Waals surface area contributed by atoms with E-state index in [-0.39, 0.29) is 24.1 Å². The first-order chi connectivity index (χ1) is 15.0. The number of alkyl halides is 3. The van der Waals surface area contributed by atoms with Gasteiger partial charge in [0.25, 0.3) is 0 Å². The van der Waals surface area contributed by atoms with E-state index in [9.17, 15) is 27.2 Å². The minimum absolute atomic E-state index is 0.00292. The van der Waals surface area contributed by atoms with Gasteiger partial charge in [0.2, 0.25) is 0 Å². The third-order valence-corrected chi connectivity index (χ3v) is 5.91. The molecule has 0 radical (unpaired) electrons. The lowest BCUT2D eigenvalue weighted by Gasteiger charge is -2.54. The van der Waals surface area contributed by atoms with Gasteiger partial charge in [-0.2, -0.15) is 13.2 Å². The van der Waals surface area contributed by atoms with Crippen LogP contribution in [-0.2, 0) is 15.7 Å². The van der Waals surface area contributed by atoms with E-state index in [0.717, 1.165) is 6.07 Å². The fourth-order valence-electron chi connectivity index (χ4n) is 4.19. The van der Waals surface area contributed by atoms with E-state index in [2.05, 4.69) is 10.6 Å². The minimum Gasteiger partial charge on any atom is -0.462 e. The number of ether oxygens (including phenoxy) is 2. The van der Waals surface area contributed by atoms with Gasteiger partial charge in [0.1, 0.15) is 17.0 Å². The van der Waals surface area contributed by atoms with Crippen LogP contribution < -0.4 is 10.6 Å². The van der Waals surface area contributed by atoms with E-state index in [1.54, 1.807) is 34.6 Å². The zero-order valence-electron chi connectivity index (χ0n) is 19.9. The molecule has 0 heterocycles. The van der Waals surface area contributed by atoms with Gasteiger partial charge in [-0.3, -0.25) is 0 Å². The lowest BCUT2D eigenvalue weighted by Crippen LogP contribution is -2.62. The third kappa shape index (κ3) is 6.29. The Morgan fingerprint density at radius 2 is 1.82 bits per heavy atom. The van der Waals surface area contributed by atoms with Crippen LogP contribution in [0.15, 0.2) is 12.1 Å². The molecule has 1 saturated carbocycles. The zero-order chi connectivity index (χ0) is 25.4. The Kier molecular flexibility index (Phi) is 7.60. The lowest BCUT2D eigenvalue weighted by atomic mass is 9.56. The van der Waals surface area contributed by atoms with Crippen LogP contribution in [0.4, 0.5) is 28.0 Å². The average molecular weight is 477 g/mol. The molecule has 1 aromatic carbocycles. The summed E-state index contributed by atoms with van der Waals surface area (Å²) in [7, 11) is 0. The molecule has 2 rings (SSSR count). The summed E-state index contributed by atoms with van der Waals surface area (Å²) in [5.74, 6) is -2.61. The van der Waals surface area contributed by atoms with E-state index in [1.807, 2.05) is 13.8 Å². The van der Waals surface area contributed by atoms with Gasteiger partial charge in [-0.25, -0.2) is 14.0 Å². The highest BCUT2D eigenvalue weighted by molar-refractivity contribution is 5.91. The van der Waals surface area contributed by atoms with Gasteiger partial charge in [-0.15, -0.1) is 0 Å². The molecule has 1 aliphatic rings. The summed E-state index contributed by atoms with van der Waals surface area (Å²) >= 11 is 0. The van der Waals surface area contributed by atoms with E-state index < -0.39 is 52.4 Å². The largest absolute Gasteiger partial charge is 0.462 e. The number of anilines is 1. The van der Waals surface area contributed by atoms with Crippen molar-refractivity contribution in [2.45, 2.75) is 78.7 Å². The normalized spacial score (nSPS) is 20.9. The fraction of sp³-hybridized carbons (Fsp3) is 0.652. The molecule has 0 saturated heterocycles. The lowest BCUT2D eigenvalue weighted by molar-refractivity contribution is -0.139. The van der Waals surface area contributed by atoms with E-state index >= 15 is 0 Å². The van der Waals surface area contributed by atoms with E-state index in [1.165, 1.54) is 0 Å². The third-order valence-electron chi connectivity index (χ3n) is 5.91. The first kappa shape index (κ1) is 26.7. The SMILES string of the molecule is CCOC(=O)c1cc(F)c(C(F)(F)F)c(NC(C)[C@@H]2C[C@H](NC(=O)OC(C)(C)C)C2(C)C)c1. The maximum Gasteiger partial charge on any atom is 0.421 e. The second-order valence-corrected chi connectivity index (χ2v) is 9.89. The number of nitrogens with one attached hydrogen (secondary N) is 2. The summed E-state index contributed by atoms with van der Waals surface area (Å²) in [4.78, 5) is 24.1. The van der Waals surface area contributed by atoms with Crippen molar-refractivity contribution >= 4 is 17.7 Å². The molecule has 0 aromatic heterocycles. The topological polar surface area (TPSA) is 76.7 Å². The molecule has 1 aliphatic carbocycles. The molecule has 1 unspecified atom stereocenters. The molecule has 1 amide bonds. The Bertz CT molecular complexity index is 894. The average Bonchev–Trinajstić information content (AvgIpc) is 2.61. The van der Waals surface area contributed by atoms with Crippen LogP contribution in [0.5, 0.6) is 0 Å². The quantitative estimate of drug-likeness (QED) is 0.403.